The summed E-state index contributed by atoms with van der Waals surface area (Å²) >= 11 is 3.56. The van der Waals surface area contributed by atoms with Gasteiger partial charge in [-0.05, 0) is 31.6 Å². The van der Waals surface area contributed by atoms with Crippen LogP contribution in [0.4, 0.5) is 0 Å². The second-order valence-corrected chi connectivity index (χ2v) is 6.03. The number of nitrogens with two attached hydrogens (primary N) is 1. The fourth-order valence-electron chi connectivity index (χ4n) is 2.24. The molecule has 0 bridgehead atoms. The van der Waals surface area contributed by atoms with E-state index in [1.54, 1.807) is 0 Å². The van der Waals surface area contributed by atoms with Crippen LogP contribution >= 0.6 is 15.9 Å². The molecule has 0 aliphatic rings. The molecule has 0 saturated heterocycles. The molecule has 0 aliphatic carbocycles. The van der Waals surface area contributed by atoms with Gasteiger partial charge in [0.15, 0.2) is 0 Å². The molecule has 108 valence electrons. The van der Waals surface area contributed by atoms with Gasteiger partial charge in [0.2, 0.25) is 0 Å². The summed E-state index contributed by atoms with van der Waals surface area (Å²) in [5, 5.41) is 4.18. The number of halogens is 1. The summed E-state index contributed by atoms with van der Waals surface area (Å²) < 4.78 is 2.91. The highest BCUT2D eigenvalue weighted by Gasteiger charge is 2.11. The first-order valence-electron chi connectivity index (χ1n) is 6.72. The average Bonchev–Trinajstić information content (AvgIpc) is 2.82. The van der Waals surface area contributed by atoms with Gasteiger partial charge in [-0.1, -0.05) is 34.1 Å². The zero-order valence-electron chi connectivity index (χ0n) is 12.0. The number of aryl methyl sites for hydroxylation is 1. The van der Waals surface area contributed by atoms with Crippen molar-refractivity contribution in [3.05, 3.63) is 52.3 Å². The molecule has 4 nitrogen and oxygen atoms in total. The Hall–Kier alpha value is -1.17. The van der Waals surface area contributed by atoms with Gasteiger partial charge in [0.1, 0.15) is 0 Å². The molecule has 2 N–H and O–H groups in total. The first-order valence-corrected chi connectivity index (χ1v) is 7.51. The van der Waals surface area contributed by atoms with Crippen molar-refractivity contribution in [2.24, 2.45) is 12.8 Å². The van der Waals surface area contributed by atoms with Crippen molar-refractivity contribution in [1.29, 1.82) is 0 Å². The quantitative estimate of drug-likeness (QED) is 0.882. The van der Waals surface area contributed by atoms with Crippen LogP contribution in [0.25, 0.3) is 0 Å². The molecule has 0 amide bonds. The highest BCUT2D eigenvalue weighted by molar-refractivity contribution is 9.10. The zero-order valence-corrected chi connectivity index (χ0v) is 13.5. The Labute approximate surface area is 128 Å². The molecule has 1 heterocycles. The first kappa shape index (κ1) is 15.2. The van der Waals surface area contributed by atoms with E-state index >= 15 is 0 Å². The van der Waals surface area contributed by atoms with Gasteiger partial charge in [0, 0.05) is 35.9 Å². The lowest BCUT2D eigenvalue weighted by molar-refractivity contribution is 0.311. The third kappa shape index (κ3) is 4.16. The molecule has 20 heavy (non-hydrogen) atoms. The minimum absolute atomic E-state index is 0.0573. The van der Waals surface area contributed by atoms with E-state index in [1.165, 1.54) is 11.1 Å². The zero-order chi connectivity index (χ0) is 14.5. The molecule has 1 unspecified atom stereocenters. The molecule has 2 rings (SSSR count). The van der Waals surface area contributed by atoms with Crippen molar-refractivity contribution in [2.75, 3.05) is 13.6 Å². The van der Waals surface area contributed by atoms with Crippen LogP contribution in [-0.2, 0) is 13.6 Å². The summed E-state index contributed by atoms with van der Waals surface area (Å²) in [6.45, 7) is 1.86. The van der Waals surface area contributed by atoms with E-state index in [4.69, 9.17) is 5.73 Å². The maximum Gasteiger partial charge on any atom is 0.0534 e. The minimum Gasteiger partial charge on any atom is -0.324 e. The molecule has 0 radical (unpaired) electrons. The maximum absolute atomic E-state index is 6.27. The SMILES string of the molecule is CN(CCC(N)c1ccccc1Br)Cc1cnn(C)c1. The van der Waals surface area contributed by atoms with Crippen LogP contribution < -0.4 is 5.73 Å². The van der Waals surface area contributed by atoms with Gasteiger partial charge in [-0.25, -0.2) is 0 Å². The van der Waals surface area contributed by atoms with Gasteiger partial charge in [0.25, 0.3) is 0 Å². The Bertz CT molecular complexity index is 552. The second kappa shape index (κ2) is 7.02. The summed E-state index contributed by atoms with van der Waals surface area (Å²) in [6.07, 6.45) is 4.88. The van der Waals surface area contributed by atoms with Gasteiger partial charge in [-0.3, -0.25) is 4.68 Å². The van der Waals surface area contributed by atoms with E-state index in [-0.39, 0.29) is 6.04 Å². The number of nitrogens with zero attached hydrogens (tertiary/aromatic N) is 3. The molecule has 0 saturated carbocycles. The number of rotatable bonds is 6. The van der Waals surface area contributed by atoms with E-state index in [2.05, 4.69) is 39.0 Å². The number of benzene rings is 1. The molecular formula is C15H21BrN4. The smallest absolute Gasteiger partial charge is 0.0534 e. The number of hydrogen-bond acceptors (Lipinski definition) is 3. The van der Waals surface area contributed by atoms with Crippen molar-refractivity contribution in [3.63, 3.8) is 0 Å². The lowest BCUT2D eigenvalue weighted by Crippen LogP contribution is -2.23. The predicted octanol–water partition coefficient (Wildman–Crippen LogP) is 2.70. The lowest BCUT2D eigenvalue weighted by atomic mass is 10.0. The molecule has 5 heteroatoms. The molecule has 1 aromatic heterocycles. The number of hydrogen-bond donors (Lipinski definition) is 1. The molecule has 1 atom stereocenters. The fraction of sp³-hybridized carbons (Fsp3) is 0.400. The monoisotopic (exact) mass is 336 g/mol. The normalized spacial score (nSPS) is 12.8. The van der Waals surface area contributed by atoms with Crippen LogP contribution in [0.2, 0.25) is 0 Å². The summed E-state index contributed by atoms with van der Waals surface area (Å²) in [7, 11) is 4.05. The standard InChI is InChI=1S/C15H21BrN4/c1-19(10-12-9-18-20(2)11-12)8-7-15(17)13-5-3-4-6-14(13)16/h3-6,9,11,15H,7-8,10,17H2,1-2H3. The Morgan fingerprint density at radius 3 is 2.80 bits per heavy atom. The van der Waals surface area contributed by atoms with Gasteiger partial charge >= 0.3 is 0 Å². The Morgan fingerprint density at radius 2 is 2.15 bits per heavy atom. The first-order chi connectivity index (χ1) is 9.56. The number of aromatic nitrogens is 2. The van der Waals surface area contributed by atoms with Crippen molar-refractivity contribution >= 4 is 15.9 Å². The van der Waals surface area contributed by atoms with E-state index in [1.807, 2.05) is 42.3 Å². The predicted molar refractivity (Wildman–Crippen MR) is 85.2 cm³/mol. The van der Waals surface area contributed by atoms with Gasteiger partial charge in [-0.15, -0.1) is 0 Å². The van der Waals surface area contributed by atoms with E-state index in [9.17, 15) is 0 Å². The topological polar surface area (TPSA) is 47.1 Å². The molecular weight excluding hydrogens is 316 g/mol. The Morgan fingerprint density at radius 1 is 1.40 bits per heavy atom. The summed E-state index contributed by atoms with van der Waals surface area (Å²) in [5.41, 5.74) is 8.66. The summed E-state index contributed by atoms with van der Waals surface area (Å²) in [4.78, 5) is 2.27. The highest BCUT2D eigenvalue weighted by atomic mass is 79.9. The molecule has 1 aromatic carbocycles. The van der Waals surface area contributed by atoms with Crippen LogP contribution in [0, 0.1) is 0 Å². The fourth-order valence-corrected chi connectivity index (χ4v) is 2.81. The van der Waals surface area contributed by atoms with Gasteiger partial charge in [0.05, 0.1) is 6.20 Å². The Balaban J connectivity index is 1.84. The van der Waals surface area contributed by atoms with Gasteiger partial charge < -0.3 is 10.6 Å². The second-order valence-electron chi connectivity index (χ2n) is 5.18. The Kier molecular flexibility index (Phi) is 5.34. The van der Waals surface area contributed by atoms with E-state index in [0.717, 1.165) is 24.0 Å². The van der Waals surface area contributed by atoms with Crippen LogP contribution in [0.5, 0.6) is 0 Å². The third-order valence-corrected chi connectivity index (χ3v) is 4.06. The van der Waals surface area contributed by atoms with Gasteiger partial charge in [-0.2, -0.15) is 5.10 Å². The van der Waals surface area contributed by atoms with Crippen molar-refractivity contribution in [1.82, 2.24) is 14.7 Å². The van der Waals surface area contributed by atoms with Crippen molar-refractivity contribution in [3.8, 4) is 0 Å². The van der Waals surface area contributed by atoms with Crippen LogP contribution in [0.15, 0.2) is 41.1 Å². The lowest BCUT2D eigenvalue weighted by Gasteiger charge is -2.19. The maximum atomic E-state index is 6.27. The minimum atomic E-state index is 0.0573. The van der Waals surface area contributed by atoms with Crippen molar-refractivity contribution < 1.29 is 0 Å². The highest BCUT2D eigenvalue weighted by Crippen LogP contribution is 2.23. The summed E-state index contributed by atoms with van der Waals surface area (Å²) in [5.74, 6) is 0. The van der Waals surface area contributed by atoms with E-state index < -0.39 is 0 Å². The van der Waals surface area contributed by atoms with Crippen LogP contribution in [0.1, 0.15) is 23.6 Å². The molecule has 0 fully saturated rings. The van der Waals surface area contributed by atoms with E-state index in [0.29, 0.717) is 0 Å². The molecule has 2 aromatic rings. The largest absolute Gasteiger partial charge is 0.324 e. The van der Waals surface area contributed by atoms with Crippen LogP contribution in [0.3, 0.4) is 0 Å². The molecule has 0 spiro atoms. The molecule has 0 aliphatic heterocycles. The average molecular weight is 337 g/mol. The third-order valence-electron chi connectivity index (χ3n) is 3.34. The summed E-state index contributed by atoms with van der Waals surface area (Å²) in [6, 6.07) is 8.21. The van der Waals surface area contributed by atoms with Crippen LogP contribution in [-0.4, -0.2) is 28.3 Å². The van der Waals surface area contributed by atoms with Crippen molar-refractivity contribution in [2.45, 2.75) is 19.0 Å².